The molecule has 0 aromatic heterocycles. The quantitative estimate of drug-likeness (QED) is 0.641. The zero-order chi connectivity index (χ0) is 15.3. The van der Waals surface area contributed by atoms with Gasteiger partial charge in [0.2, 0.25) is 0 Å². The Hall–Kier alpha value is -1.68. The fourth-order valence-electron chi connectivity index (χ4n) is 2.15. The Morgan fingerprint density at radius 3 is 2.20 bits per heavy atom. The Bertz CT molecular complexity index is 471. The molecule has 0 aliphatic heterocycles. The first-order valence-electron chi connectivity index (χ1n) is 6.79. The molecule has 0 unspecified atom stereocenters. The molecule has 1 aromatic carbocycles. The Morgan fingerprint density at radius 2 is 1.75 bits per heavy atom. The van der Waals surface area contributed by atoms with Crippen LogP contribution >= 0.6 is 0 Å². The maximum atomic E-state index is 12.0. The SMILES string of the molecule is C[C@@H](CC(=O)CC(C)(C)C)c1ccc(C(=O)NO)cc1. The van der Waals surface area contributed by atoms with Crippen LogP contribution in [0.25, 0.3) is 0 Å². The first-order valence-corrected chi connectivity index (χ1v) is 6.79. The fourth-order valence-corrected chi connectivity index (χ4v) is 2.15. The first kappa shape index (κ1) is 16.4. The summed E-state index contributed by atoms with van der Waals surface area (Å²) in [5.41, 5.74) is 3.02. The van der Waals surface area contributed by atoms with Gasteiger partial charge in [0.25, 0.3) is 5.91 Å². The van der Waals surface area contributed by atoms with Gasteiger partial charge in [-0.3, -0.25) is 14.8 Å². The maximum absolute atomic E-state index is 12.0. The van der Waals surface area contributed by atoms with Gasteiger partial charge in [0.05, 0.1) is 0 Å². The van der Waals surface area contributed by atoms with Gasteiger partial charge in [0.15, 0.2) is 0 Å². The number of benzene rings is 1. The standard InChI is InChI=1S/C16H23NO3/c1-11(9-14(18)10-16(2,3)4)12-5-7-13(8-6-12)15(19)17-20/h5-8,11,20H,9-10H2,1-4H3,(H,17,19)/t11-/m0/s1. The van der Waals surface area contributed by atoms with Gasteiger partial charge in [-0.15, -0.1) is 0 Å². The predicted octanol–water partition coefficient (Wildman–Crippen LogP) is 3.30. The molecule has 0 saturated carbocycles. The molecule has 0 heterocycles. The molecule has 110 valence electrons. The largest absolute Gasteiger partial charge is 0.300 e. The van der Waals surface area contributed by atoms with Crippen LogP contribution in [0.2, 0.25) is 0 Å². The molecule has 0 aliphatic rings. The van der Waals surface area contributed by atoms with E-state index in [9.17, 15) is 9.59 Å². The van der Waals surface area contributed by atoms with Crippen LogP contribution in [-0.4, -0.2) is 16.9 Å². The van der Waals surface area contributed by atoms with Gasteiger partial charge in [-0.2, -0.15) is 0 Å². The highest BCUT2D eigenvalue weighted by atomic mass is 16.5. The number of nitrogens with one attached hydrogen (secondary N) is 1. The van der Waals surface area contributed by atoms with E-state index >= 15 is 0 Å². The minimum atomic E-state index is -0.534. The molecule has 1 atom stereocenters. The van der Waals surface area contributed by atoms with Crippen LogP contribution in [0.5, 0.6) is 0 Å². The lowest BCUT2D eigenvalue weighted by Crippen LogP contribution is -2.18. The van der Waals surface area contributed by atoms with Crippen LogP contribution in [0.3, 0.4) is 0 Å². The number of amides is 1. The average molecular weight is 277 g/mol. The van der Waals surface area contributed by atoms with Crippen molar-refractivity contribution >= 4 is 11.7 Å². The Morgan fingerprint density at radius 1 is 1.20 bits per heavy atom. The molecule has 0 spiro atoms. The van der Waals surface area contributed by atoms with E-state index in [1.165, 1.54) is 0 Å². The summed E-state index contributed by atoms with van der Waals surface area (Å²) in [6.45, 7) is 8.16. The van der Waals surface area contributed by atoms with E-state index in [1.54, 1.807) is 17.6 Å². The molecule has 20 heavy (non-hydrogen) atoms. The molecule has 0 aliphatic carbocycles. The van der Waals surface area contributed by atoms with Gasteiger partial charge < -0.3 is 0 Å². The number of carbonyl (C=O) groups excluding carboxylic acids is 2. The van der Waals surface area contributed by atoms with Crippen LogP contribution in [-0.2, 0) is 4.79 Å². The summed E-state index contributed by atoms with van der Waals surface area (Å²) < 4.78 is 0. The summed E-state index contributed by atoms with van der Waals surface area (Å²) >= 11 is 0. The number of rotatable bonds is 5. The molecule has 0 saturated heterocycles. The van der Waals surface area contributed by atoms with Gasteiger partial charge in [-0.1, -0.05) is 39.8 Å². The van der Waals surface area contributed by atoms with Gasteiger partial charge in [0, 0.05) is 18.4 Å². The Labute approximate surface area is 120 Å². The second kappa shape index (κ2) is 6.66. The maximum Gasteiger partial charge on any atom is 0.274 e. The molecule has 1 amide bonds. The summed E-state index contributed by atoms with van der Waals surface area (Å²) in [6, 6.07) is 6.93. The van der Waals surface area contributed by atoms with Gasteiger partial charge in [-0.05, 0) is 29.0 Å². The lowest BCUT2D eigenvalue weighted by molar-refractivity contribution is -0.121. The van der Waals surface area contributed by atoms with Crippen molar-refractivity contribution in [1.82, 2.24) is 5.48 Å². The molecule has 4 heteroatoms. The summed E-state index contributed by atoms with van der Waals surface area (Å²) in [4.78, 5) is 23.2. The van der Waals surface area contributed by atoms with E-state index < -0.39 is 5.91 Å². The van der Waals surface area contributed by atoms with E-state index in [4.69, 9.17) is 5.21 Å². The second-order valence-electron chi connectivity index (χ2n) is 6.44. The third-order valence-electron chi connectivity index (χ3n) is 3.10. The average Bonchev–Trinajstić information content (AvgIpc) is 2.35. The fraction of sp³-hybridized carbons (Fsp3) is 0.500. The topological polar surface area (TPSA) is 66.4 Å². The van der Waals surface area contributed by atoms with E-state index in [0.717, 1.165) is 5.56 Å². The van der Waals surface area contributed by atoms with Crippen molar-refractivity contribution in [1.29, 1.82) is 0 Å². The molecule has 0 bridgehead atoms. The zero-order valence-electron chi connectivity index (χ0n) is 12.6. The van der Waals surface area contributed by atoms with Crippen molar-refractivity contribution in [2.45, 2.75) is 46.5 Å². The Balaban J connectivity index is 2.66. The summed E-state index contributed by atoms with van der Waals surface area (Å²) in [7, 11) is 0. The molecule has 0 fully saturated rings. The molecule has 1 rings (SSSR count). The van der Waals surface area contributed by atoms with Gasteiger partial charge in [0.1, 0.15) is 5.78 Å². The first-order chi connectivity index (χ1) is 9.23. The van der Waals surface area contributed by atoms with Crippen molar-refractivity contribution in [3.05, 3.63) is 35.4 Å². The Kier molecular flexibility index (Phi) is 5.45. The van der Waals surface area contributed by atoms with Crippen molar-refractivity contribution in [2.24, 2.45) is 5.41 Å². The smallest absolute Gasteiger partial charge is 0.274 e. The zero-order valence-corrected chi connectivity index (χ0v) is 12.6. The van der Waals surface area contributed by atoms with E-state index in [0.29, 0.717) is 18.4 Å². The molecule has 2 N–H and O–H groups in total. The summed E-state index contributed by atoms with van der Waals surface area (Å²) in [5.74, 6) is -0.161. The van der Waals surface area contributed by atoms with E-state index in [-0.39, 0.29) is 17.1 Å². The molecule has 1 aromatic rings. The normalized spacial score (nSPS) is 12.8. The van der Waals surface area contributed by atoms with Crippen molar-refractivity contribution in [3.8, 4) is 0 Å². The molecule has 0 radical (unpaired) electrons. The predicted molar refractivity (Wildman–Crippen MR) is 77.8 cm³/mol. The van der Waals surface area contributed by atoms with Crippen LogP contribution in [0, 0.1) is 5.41 Å². The van der Waals surface area contributed by atoms with Crippen molar-refractivity contribution in [2.75, 3.05) is 0 Å². The summed E-state index contributed by atoms with van der Waals surface area (Å²) in [5, 5.41) is 8.55. The highest BCUT2D eigenvalue weighted by Crippen LogP contribution is 2.25. The third kappa shape index (κ3) is 5.13. The van der Waals surface area contributed by atoms with Crippen LogP contribution in [0.15, 0.2) is 24.3 Å². The number of carbonyl (C=O) groups is 2. The number of hydroxylamine groups is 1. The minimum absolute atomic E-state index is 0.0138. The highest BCUT2D eigenvalue weighted by Gasteiger charge is 2.18. The van der Waals surface area contributed by atoms with E-state index in [2.05, 4.69) is 20.8 Å². The van der Waals surface area contributed by atoms with Gasteiger partial charge >= 0.3 is 0 Å². The van der Waals surface area contributed by atoms with Crippen molar-refractivity contribution < 1.29 is 14.8 Å². The summed E-state index contributed by atoms with van der Waals surface area (Å²) in [6.07, 6.45) is 1.07. The number of hydrogen-bond donors (Lipinski definition) is 2. The van der Waals surface area contributed by atoms with Crippen LogP contribution < -0.4 is 5.48 Å². The number of ketones is 1. The number of hydrogen-bond acceptors (Lipinski definition) is 3. The molecular formula is C16H23NO3. The molecular weight excluding hydrogens is 254 g/mol. The van der Waals surface area contributed by atoms with Crippen LogP contribution in [0.4, 0.5) is 0 Å². The number of Topliss-reactive ketones (excluding diaryl/α,β-unsaturated/α-hetero) is 1. The third-order valence-corrected chi connectivity index (χ3v) is 3.10. The molecule has 4 nitrogen and oxygen atoms in total. The van der Waals surface area contributed by atoms with Gasteiger partial charge in [-0.25, -0.2) is 5.48 Å². The lowest BCUT2D eigenvalue weighted by Gasteiger charge is -2.18. The highest BCUT2D eigenvalue weighted by molar-refractivity contribution is 5.93. The lowest BCUT2D eigenvalue weighted by atomic mass is 9.86. The van der Waals surface area contributed by atoms with E-state index in [1.807, 2.05) is 19.1 Å². The second-order valence-corrected chi connectivity index (χ2v) is 6.44. The monoisotopic (exact) mass is 277 g/mol. The minimum Gasteiger partial charge on any atom is -0.300 e. The van der Waals surface area contributed by atoms with Crippen LogP contribution in [0.1, 0.15) is 62.4 Å². The van der Waals surface area contributed by atoms with Crippen molar-refractivity contribution in [3.63, 3.8) is 0 Å².